The first kappa shape index (κ1) is 19.0. The second-order valence-corrected chi connectivity index (χ2v) is 5.05. The van der Waals surface area contributed by atoms with Gasteiger partial charge in [0.1, 0.15) is 0 Å². The molecule has 0 radical (unpaired) electrons. The fourth-order valence-electron chi connectivity index (χ4n) is 1.07. The number of aromatic carboxylic acids is 2. The molecule has 0 fully saturated rings. The third kappa shape index (κ3) is 6.81. The fourth-order valence-corrected chi connectivity index (χ4v) is 1.62. The van der Waals surface area contributed by atoms with Gasteiger partial charge in [0.05, 0.1) is 16.0 Å². The van der Waals surface area contributed by atoms with Gasteiger partial charge in [-0.25, -0.2) is 9.59 Å². The van der Waals surface area contributed by atoms with E-state index in [9.17, 15) is 18.0 Å². The zero-order chi connectivity index (χ0) is 16.6. The van der Waals surface area contributed by atoms with Crippen molar-refractivity contribution in [3.8, 4) is 0 Å². The number of benzene rings is 1. The van der Waals surface area contributed by atoms with Crippen LogP contribution in [0.1, 0.15) is 27.1 Å². The molecule has 0 bridgehead atoms. The Balaban J connectivity index is 0.000000690. The maximum atomic E-state index is 10.8. The van der Waals surface area contributed by atoms with E-state index in [1.165, 1.54) is 0 Å². The lowest BCUT2D eigenvalue weighted by Crippen LogP contribution is -2.07. The molecule has 0 aliphatic carbocycles. The molecule has 0 atom stereocenters. The van der Waals surface area contributed by atoms with Crippen molar-refractivity contribution in [1.29, 1.82) is 0 Å². The second kappa shape index (κ2) is 8.32. The lowest BCUT2D eigenvalue weighted by molar-refractivity contribution is 0.0696. The van der Waals surface area contributed by atoms with Crippen LogP contribution in [0.5, 0.6) is 0 Å². The number of aliphatic hydroxyl groups is 2. The average molecular weight is 322 g/mol. The van der Waals surface area contributed by atoms with Crippen LogP contribution in [0.15, 0.2) is 23.1 Å². The molecule has 0 saturated heterocycles. The van der Waals surface area contributed by atoms with Crippen LogP contribution in [-0.2, 0) is 10.1 Å². The van der Waals surface area contributed by atoms with Crippen molar-refractivity contribution < 1.29 is 43.0 Å². The van der Waals surface area contributed by atoms with E-state index in [1.807, 2.05) is 0 Å². The Kier molecular flexibility index (Phi) is 7.52. The summed E-state index contributed by atoms with van der Waals surface area (Å²) >= 11 is 0. The topological polar surface area (TPSA) is 169 Å². The standard InChI is InChI=1S/C8H6O7S.C3H8O2/c9-7(10)4-1-5(8(11)12)3-6(2-4)16(13,14)15;4-2-1-3-5/h1-3H,(H,9,10)(H,11,12)(H,13,14,15);4-5H,1-3H2. The summed E-state index contributed by atoms with van der Waals surface area (Å²) in [5, 5.41) is 33.0. The number of hydrogen-bond donors (Lipinski definition) is 5. The van der Waals surface area contributed by atoms with E-state index in [0.29, 0.717) is 18.6 Å². The zero-order valence-electron chi connectivity index (χ0n) is 10.6. The van der Waals surface area contributed by atoms with Crippen molar-refractivity contribution in [2.24, 2.45) is 0 Å². The van der Waals surface area contributed by atoms with E-state index in [-0.39, 0.29) is 13.2 Å². The van der Waals surface area contributed by atoms with E-state index >= 15 is 0 Å². The van der Waals surface area contributed by atoms with Crippen LogP contribution in [-0.4, -0.2) is 58.5 Å². The van der Waals surface area contributed by atoms with Crippen molar-refractivity contribution in [3.05, 3.63) is 29.3 Å². The molecule has 9 nitrogen and oxygen atoms in total. The molecule has 0 aromatic heterocycles. The molecule has 118 valence electrons. The fraction of sp³-hybridized carbons (Fsp3) is 0.273. The lowest BCUT2D eigenvalue weighted by atomic mass is 10.1. The molecule has 21 heavy (non-hydrogen) atoms. The van der Waals surface area contributed by atoms with Gasteiger partial charge < -0.3 is 20.4 Å². The van der Waals surface area contributed by atoms with Crippen molar-refractivity contribution >= 4 is 22.1 Å². The van der Waals surface area contributed by atoms with Gasteiger partial charge in [-0.3, -0.25) is 4.55 Å². The van der Waals surface area contributed by atoms with Gasteiger partial charge in [-0.05, 0) is 24.6 Å². The third-order valence-electron chi connectivity index (χ3n) is 2.01. The third-order valence-corrected chi connectivity index (χ3v) is 2.85. The Bertz CT molecular complexity index is 572. The Labute approximate surface area is 119 Å². The molecule has 0 amide bonds. The van der Waals surface area contributed by atoms with Gasteiger partial charge in [0.15, 0.2) is 0 Å². The Hall–Kier alpha value is -2.01. The molecular weight excluding hydrogens is 308 g/mol. The minimum Gasteiger partial charge on any atom is -0.478 e. The first-order valence-corrected chi connectivity index (χ1v) is 6.88. The molecule has 10 heteroatoms. The van der Waals surface area contributed by atoms with Crippen LogP contribution in [0.3, 0.4) is 0 Å². The molecule has 1 aromatic rings. The number of carboxylic acids is 2. The molecule has 0 spiro atoms. The monoisotopic (exact) mass is 322 g/mol. The highest BCUT2D eigenvalue weighted by molar-refractivity contribution is 7.85. The number of carbonyl (C=O) groups is 2. The van der Waals surface area contributed by atoms with E-state index in [4.69, 9.17) is 25.0 Å². The van der Waals surface area contributed by atoms with Gasteiger partial charge in [-0.2, -0.15) is 8.42 Å². The molecule has 0 unspecified atom stereocenters. The minimum atomic E-state index is -4.64. The zero-order valence-corrected chi connectivity index (χ0v) is 11.4. The summed E-state index contributed by atoms with van der Waals surface area (Å²) in [4.78, 5) is 20.4. The highest BCUT2D eigenvalue weighted by atomic mass is 32.2. The molecule has 1 aromatic carbocycles. The highest BCUT2D eigenvalue weighted by Gasteiger charge is 2.17. The summed E-state index contributed by atoms with van der Waals surface area (Å²) in [6.45, 7) is 0.188. The van der Waals surface area contributed by atoms with E-state index < -0.39 is 38.1 Å². The molecule has 0 aliphatic rings. The first-order chi connectivity index (χ1) is 9.63. The molecule has 0 aliphatic heterocycles. The minimum absolute atomic E-state index is 0.0938. The summed E-state index contributed by atoms with van der Waals surface area (Å²) in [6, 6.07) is 2.13. The summed E-state index contributed by atoms with van der Waals surface area (Å²) in [7, 11) is -4.64. The van der Waals surface area contributed by atoms with Gasteiger partial charge >= 0.3 is 11.9 Å². The van der Waals surface area contributed by atoms with Crippen LogP contribution < -0.4 is 0 Å². The maximum absolute atomic E-state index is 10.8. The van der Waals surface area contributed by atoms with Gasteiger partial charge in [-0.15, -0.1) is 0 Å². The van der Waals surface area contributed by atoms with E-state index in [1.54, 1.807) is 0 Å². The highest BCUT2D eigenvalue weighted by Crippen LogP contribution is 2.15. The summed E-state index contributed by atoms with van der Waals surface area (Å²) in [5.41, 5.74) is -1.07. The normalized spacial score (nSPS) is 10.4. The van der Waals surface area contributed by atoms with Crippen LogP contribution >= 0.6 is 0 Å². The maximum Gasteiger partial charge on any atom is 0.335 e. The number of rotatable bonds is 5. The molecular formula is C11H14O9S. The average Bonchev–Trinajstić information content (AvgIpc) is 2.38. The van der Waals surface area contributed by atoms with E-state index in [2.05, 4.69) is 0 Å². The predicted octanol–water partition coefficient (Wildman–Crippen LogP) is -0.309. The quantitative estimate of drug-likeness (QED) is 0.456. The van der Waals surface area contributed by atoms with Crippen molar-refractivity contribution in [3.63, 3.8) is 0 Å². The molecule has 0 heterocycles. The first-order valence-electron chi connectivity index (χ1n) is 5.44. The Morgan fingerprint density at radius 3 is 1.48 bits per heavy atom. The van der Waals surface area contributed by atoms with Crippen molar-refractivity contribution in [2.75, 3.05) is 13.2 Å². The van der Waals surface area contributed by atoms with Crippen molar-refractivity contribution in [1.82, 2.24) is 0 Å². The lowest BCUT2D eigenvalue weighted by Gasteiger charge is -2.02. The Morgan fingerprint density at radius 2 is 1.29 bits per heavy atom. The van der Waals surface area contributed by atoms with Gasteiger partial charge in [0, 0.05) is 13.2 Å². The van der Waals surface area contributed by atoms with Crippen LogP contribution in [0.25, 0.3) is 0 Å². The largest absolute Gasteiger partial charge is 0.478 e. The summed E-state index contributed by atoms with van der Waals surface area (Å²) in [6.07, 6.45) is 0.500. The molecule has 0 saturated carbocycles. The molecule has 1 rings (SSSR count). The van der Waals surface area contributed by atoms with Crippen LogP contribution in [0.4, 0.5) is 0 Å². The number of hydrogen-bond acceptors (Lipinski definition) is 6. The van der Waals surface area contributed by atoms with Gasteiger partial charge in [0.25, 0.3) is 10.1 Å². The summed E-state index contributed by atoms with van der Waals surface area (Å²) < 4.78 is 30.2. The van der Waals surface area contributed by atoms with Gasteiger partial charge in [0.2, 0.25) is 0 Å². The smallest absolute Gasteiger partial charge is 0.335 e. The van der Waals surface area contributed by atoms with Crippen LogP contribution in [0.2, 0.25) is 0 Å². The second-order valence-electron chi connectivity index (χ2n) is 3.63. The van der Waals surface area contributed by atoms with Crippen LogP contribution in [0, 0.1) is 0 Å². The van der Waals surface area contributed by atoms with Gasteiger partial charge in [-0.1, -0.05) is 0 Å². The Morgan fingerprint density at radius 1 is 0.905 bits per heavy atom. The number of aliphatic hydroxyl groups excluding tert-OH is 2. The SMILES string of the molecule is O=C(O)c1cc(C(=O)O)cc(S(=O)(=O)O)c1.OCCCO. The van der Waals surface area contributed by atoms with Crippen molar-refractivity contribution in [2.45, 2.75) is 11.3 Å². The summed E-state index contributed by atoms with van der Waals surface area (Å²) in [5.74, 6) is -2.99. The van der Waals surface area contributed by atoms with E-state index in [0.717, 1.165) is 6.07 Å². The predicted molar refractivity (Wildman–Crippen MR) is 69.0 cm³/mol. The number of carboxylic acid groups (broad SMARTS) is 2. The molecule has 5 N–H and O–H groups in total.